The molecule has 0 spiro atoms. The van der Waals surface area contributed by atoms with Crippen molar-refractivity contribution in [3.8, 4) is 5.75 Å². The number of rotatable bonds is 7. The lowest BCUT2D eigenvalue weighted by Crippen LogP contribution is -1.98. The van der Waals surface area contributed by atoms with Crippen molar-refractivity contribution in [3.63, 3.8) is 0 Å². The van der Waals surface area contributed by atoms with Crippen molar-refractivity contribution >= 4 is 51.0 Å². The van der Waals surface area contributed by atoms with Crippen LogP contribution in [0.5, 0.6) is 5.75 Å². The van der Waals surface area contributed by atoms with Crippen LogP contribution in [0.2, 0.25) is 0 Å². The van der Waals surface area contributed by atoms with Crippen LogP contribution in [0.15, 0.2) is 40.7 Å². The quantitative estimate of drug-likeness (QED) is 0.478. The summed E-state index contributed by atoms with van der Waals surface area (Å²) < 4.78 is 6.06. The fourth-order valence-corrected chi connectivity index (χ4v) is 4.51. The van der Waals surface area contributed by atoms with E-state index in [0.29, 0.717) is 10.9 Å². The molecule has 24 heavy (non-hydrogen) atoms. The zero-order valence-electron chi connectivity index (χ0n) is 13.1. The van der Waals surface area contributed by atoms with E-state index in [0.717, 1.165) is 25.5 Å². The first-order valence-corrected chi connectivity index (χ1v) is 9.73. The van der Waals surface area contributed by atoms with E-state index >= 15 is 0 Å². The molecule has 0 saturated heterocycles. The molecule has 0 aliphatic heterocycles. The summed E-state index contributed by atoms with van der Waals surface area (Å²) >= 11 is 4.34. The van der Waals surface area contributed by atoms with Gasteiger partial charge in [-0.25, -0.2) is 0 Å². The van der Waals surface area contributed by atoms with Gasteiger partial charge >= 0.3 is 0 Å². The molecule has 124 valence electrons. The van der Waals surface area contributed by atoms with E-state index in [2.05, 4.69) is 15.5 Å². The molecule has 0 radical (unpaired) electrons. The number of hydrogen-bond donors (Lipinski definition) is 1. The first-order valence-electron chi connectivity index (χ1n) is 7.11. The first-order chi connectivity index (χ1) is 11.7. The summed E-state index contributed by atoms with van der Waals surface area (Å²) in [6.45, 7) is 2.00. The number of carbonyl (C=O) groups is 1. The first kappa shape index (κ1) is 16.9. The van der Waals surface area contributed by atoms with Gasteiger partial charge in [-0.05, 0) is 31.2 Å². The summed E-state index contributed by atoms with van der Waals surface area (Å²) in [5, 5.41) is 12.1. The van der Waals surface area contributed by atoms with E-state index in [9.17, 15) is 4.79 Å². The molecule has 0 atom stereocenters. The largest absolute Gasteiger partial charge is 0.495 e. The van der Waals surface area contributed by atoms with Crippen molar-refractivity contribution in [2.24, 2.45) is 0 Å². The molecule has 0 amide bonds. The Morgan fingerprint density at radius 3 is 2.79 bits per heavy atom. The number of Topliss-reactive ketones (excluding diaryl/α,β-unsaturated/α-hetero) is 1. The summed E-state index contributed by atoms with van der Waals surface area (Å²) in [7, 11) is 1.62. The number of para-hydroxylation sites is 2. The van der Waals surface area contributed by atoms with Gasteiger partial charge in [-0.3, -0.25) is 4.79 Å². The number of nitrogens with one attached hydrogen (secondary N) is 1. The fraction of sp³-hybridized carbons (Fsp3) is 0.188. The Kier molecular flexibility index (Phi) is 5.49. The minimum absolute atomic E-state index is 0.118. The van der Waals surface area contributed by atoms with Crippen LogP contribution in [0.25, 0.3) is 0 Å². The second-order valence-electron chi connectivity index (χ2n) is 4.82. The smallest absolute Gasteiger partial charge is 0.210 e. The Morgan fingerprint density at radius 1 is 1.21 bits per heavy atom. The second kappa shape index (κ2) is 7.78. The van der Waals surface area contributed by atoms with Gasteiger partial charge < -0.3 is 10.1 Å². The van der Waals surface area contributed by atoms with Crippen LogP contribution in [-0.2, 0) is 0 Å². The van der Waals surface area contributed by atoms with Gasteiger partial charge in [0.25, 0.3) is 0 Å². The number of thiophene rings is 1. The third-order valence-electron chi connectivity index (χ3n) is 3.10. The van der Waals surface area contributed by atoms with Crippen LogP contribution in [0.3, 0.4) is 0 Å². The summed E-state index contributed by atoms with van der Waals surface area (Å²) in [5.41, 5.74) is 0.831. The molecule has 0 bridgehead atoms. The molecule has 0 aliphatic carbocycles. The Morgan fingerprint density at radius 2 is 2.04 bits per heavy atom. The van der Waals surface area contributed by atoms with Crippen molar-refractivity contribution in [2.75, 3.05) is 18.2 Å². The van der Waals surface area contributed by atoms with Crippen LogP contribution in [0.1, 0.15) is 14.5 Å². The molecule has 2 heterocycles. The lowest BCUT2D eigenvalue weighted by atomic mass is 10.3. The third-order valence-corrected chi connectivity index (χ3v) is 6.11. The highest BCUT2D eigenvalue weighted by molar-refractivity contribution is 8.01. The topological polar surface area (TPSA) is 64.1 Å². The summed E-state index contributed by atoms with van der Waals surface area (Å²) in [4.78, 5) is 14.1. The molecule has 0 unspecified atom stereocenters. The molecular formula is C16H15N3O2S3. The monoisotopic (exact) mass is 377 g/mol. The van der Waals surface area contributed by atoms with Crippen molar-refractivity contribution < 1.29 is 9.53 Å². The maximum atomic E-state index is 12.1. The zero-order chi connectivity index (χ0) is 16.9. The molecule has 5 nitrogen and oxygen atoms in total. The molecule has 1 aromatic carbocycles. The molecule has 3 aromatic rings. The van der Waals surface area contributed by atoms with Gasteiger partial charge in [0.15, 0.2) is 10.1 Å². The maximum Gasteiger partial charge on any atom is 0.210 e. The highest BCUT2D eigenvalue weighted by atomic mass is 32.2. The molecule has 0 fully saturated rings. The number of carbonyl (C=O) groups excluding carboxylic acids is 1. The number of ether oxygens (including phenoxy) is 1. The van der Waals surface area contributed by atoms with E-state index < -0.39 is 0 Å². The Balaban J connectivity index is 1.60. The fourth-order valence-electron chi connectivity index (χ4n) is 1.96. The van der Waals surface area contributed by atoms with Gasteiger partial charge in [0, 0.05) is 4.88 Å². The van der Waals surface area contributed by atoms with E-state index in [1.54, 1.807) is 7.11 Å². The molecule has 0 saturated carbocycles. The van der Waals surface area contributed by atoms with Crippen LogP contribution in [0, 0.1) is 6.92 Å². The summed E-state index contributed by atoms with van der Waals surface area (Å²) in [6, 6.07) is 11.4. The predicted octanol–water partition coefficient (Wildman–Crippen LogP) is 4.64. The SMILES string of the molecule is COc1ccccc1Nc1nnc(SCC(=O)c2ccc(C)s2)s1. The maximum absolute atomic E-state index is 12.1. The number of anilines is 2. The average molecular weight is 378 g/mol. The van der Waals surface area contributed by atoms with Crippen molar-refractivity contribution in [2.45, 2.75) is 11.3 Å². The van der Waals surface area contributed by atoms with Gasteiger partial charge in [-0.15, -0.1) is 21.5 Å². The van der Waals surface area contributed by atoms with Crippen LogP contribution >= 0.6 is 34.4 Å². The minimum Gasteiger partial charge on any atom is -0.495 e. The van der Waals surface area contributed by atoms with Crippen molar-refractivity contribution in [1.82, 2.24) is 10.2 Å². The lowest BCUT2D eigenvalue weighted by molar-refractivity contribution is 0.102. The number of aryl methyl sites for hydroxylation is 1. The molecular weight excluding hydrogens is 362 g/mol. The summed E-state index contributed by atoms with van der Waals surface area (Å²) in [6.07, 6.45) is 0. The highest BCUT2D eigenvalue weighted by Crippen LogP contribution is 2.31. The third kappa shape index (κ3) is 4.14. The molecule has 1 N–H and O–H groups in total. The molecule has 0 aliphatic rings. The van der Waals surface area contributed by atoms with E-state index in [-0.39, 0.29) is 5.78 Å². The van der Waals surface area contributed by atoms with Crippen molar-refractivity contribution in [1.29, 1.82) is 0 Å². The number of aromatic nitrogens is 2. The van der Waals surface area contributed by atoms with E-state index in [1.165, 1.54) is 34.4 Å². The Bertz CT molecular complexity index is 844. The van der Waals surface area contributed by atoms with Crippen LogP contribution < -0.4 is 10.1 Å². The lowest BCUT2D eigenvalue weighted by Gasteiger charge is -2.07. The number of ketones is 1. The normalized spacial score (nSPS) is 10.6. The number of thioether (sulfide) groups is 1. The van der Waals surface area contributed by atoms with Crippen LogP contribution in [0.4, 0.5) is 10.8 Å². The van der Waals surface area contributed by atoms with Gasteiger partial charge in [-0.1, -0.05) is 35.2 Å². The second-order valence-corrected chi connectivity index (χ2v) is 8.31. The van der Waals surface area contributed by atoms with Gasteiger partial charge in [-0.2, -0.15) is 0 Å². The molecule has 8 heteroatoms. The van der Waals surface area contributed by atoms with Gasteiger partial charge in [0.05, 0.1) is 23.4 Å². The number of nitrogens with zero attached hydrogens (tertiary/aromatic N) is 2. The zero-order valence-corrected chi connectivity index (χ0v) is 15.6. The number of hydrogen-bond acceptors (Lipinski definition) is 8. The average Bonchev–Trinajstić information content (AvgIpc) is 3.22. The van der Waals surface area contributed by atoms with E-state index in [4.69, 9.17) is 4.74 Å². The Labute approximate surface area is 152 Å². The predicted molar refractivity (Wildman–Crippen MR) is 100 cm³/mol. The van der Waals surface area contributed by atoms with Crippen LogP contribution in [-0.4, -0.2) is 28.8 Å². The minimum atomic E-state index is 0.118. The summed E-state index contributed by atoms with van der Waals surface area (Å²) in [5.74, 6) is 1.22. The van der Waals surface area contributed by atoms with Crippen molar-refractivity contribution in [3.05, 3.63) is 46.2 Å². The Hall–Kier alpha value is -1.90. The van der Waals surface area contributed by atoms with E-state index in [1.807, 2.05) is 43.3 Å². The van der Waals surface area contributed by atoms with Gasteiger partial charge in [0.2, 0.25) is 5.13 Å². The number of methoxy groups -OCH3 is 1. The molecule has 2 aromatic heterocycles. The standard InChI is InChI=1S/C16H15N3O2S3/c1-10-7-8-14(23-10)12(20)9-22-16-19-18-15(24-16)17-11-5-3-4-6-13(11)21-2/h3-8H,9H2,1-2H3,(H,17,18). The molecule has 3 rings (SSSR count). The highest BCUT2D eigenvalue weighted by Gasteiger charge is 2.12. The van der Waals surface area contributed by atoms with Gasteiger partial charge in [0.1, 0.15) is 5.75 Å². The number of benzene rings is 1.